The molecule has 2 aromatic carbocycles. The third-order valence-electron chi connectivity index (χ3n) is 6.44. The fraction of sp³-hybridized carbons (Fsp3) is 0.206. The molecule has 0 amide bonds. The van der Waals surface area contributed by atoms with E-state index in [1.54, 1.807) is 12.4 Å². The molecule has 0 atom stereocenters. The molecule has 3 nitrogen and oxygen atoms in total. The quantitative estimate of drug-likeness (QED) is 0.137. The Balaban J connectivity index is 0.000000210. The molecule has 0 spiro atoms. The van der Waals surface area contributed by atoms with Crippen LogP contribution in [-0.2, 0) is 20.1 Å². The molecule has 0 unspecified atom stereocenters. The zero-order chi connectivity index (χ0) is 27.1. The van der Waals surface area contributed by atoms with Crippen molar-refractivity contribution >= 4 is 13.3 Å². The summed E-state index contributed by atoms with van der Waals surface area (Å²) in [6.07, 6.45) is 7.48. The predicted molar refractivity (Wildman–Crippen MR) is 162 cm³/mol. The molecule has 0 saturated carbocycles. The zero-order valence-corrected chi connectivity index (χ0v) is 26.9. The molecule has 3 heterocycles. The Kier molecular flexibility index (Phi) is 10.6. The minimum Gasteiger partial charge on any atom is -0.321 e. The second-order valence-electron chi connectivity index (χ2n) is 10.7. The third kappa shape index (κ3) is 7.89. The van der Waals surface area contributed by atoms with Crippen molar-refractivity contribution in [2.24, 2.45) is 0 Å². The van der Waals surface area contributed by atoms with Crippen LogP contribution in [0.25, 0.3) is 33.6 Å². The van der Waals surface area contributed by atoms with Gasteiger partial charge < -0.3 is 9.97 Å². The first-order valence-electron chi connectivity index (χ1n) is 13.1. The third-order valence-corrected chi connectivity index (χ3v) is 8.47. The van der Waals surface area contributed by atoms with Crippen LogP contribution in [0.4, 0.5) is 0 Å². The standard InChI is InChI=1S/C18H14N.C16H21N2Si.Ir/c1-14-13-19-18(16-10-6-3-7-11-16)12-17(14)15-8-4-2-5-9-15;1-12(2)14-10-15(13-6-8-17-9-7-13)18-11-16(14)19(3,4)5;/h2-10,12-13H,1H3;6,8-12H,1-5H3;/q2*-1;. The van der Waals surface area contributed by atoms with Crippen molar-refractivity contribution in [3.05, 3.63) is 121 Å². The molecule has 0 N–H and O–H groups in total. The maximum atomic E-state index is 4.63. The maximum Gasteiger partial charge on any atom is 0.0798 e. The summed E-state index contributed by atoms with van der Waals surface area (Å²) in [7, 11) is -1.35. The topological polar surface area (TPSA) is 38.7 Å². The van der Waals surface area contributed by atoms with Crippen molar-refractivity contribution in [1.82, 2.24) is 15.0 Å². The van der Waals surface area contributed by atoms with Gasteiger partial charge in [0, 0.05) is 32.5 Å². The van der Waals surface area contributed by atoms with Crippen LogP contribution >= 0.6 is 0 Å². The smallest absolute Gasteiger partial charge is 0.0798 e. The van der Waals surface area contributed by atoms with Gasteiger partial charge in [-0.3, -0.25) is 4.98 Å². The number of aromatic nitrogens is 3. The van der Waals surface area contributed by atoms with Gasteiger partial charge in [-0.2, -0.15) is 11.6 Å². The molecule has 0 bridgehead atoms. The van der Waals surface area contributed by atoms with E-state index >= 15 is 0 Å². The fourth-order valence-electron chi connectivity index (χ4n) is 4.35. The van der Waals surface area contributed by atoms with Crippen LogP contribution in [0.1, 0.15) is 30.9 Å². The molecular weight excluding hydrogens is 671 g/mol. The Morgan fingerprint density at radius 3 is 2.05 bits per heavy atom. The van der Waals surface area contributed by atoms with Crippen LogP contribution in [-0.4, -0.2) is 23.0 Å². The predicted octanol–water partition coefficient (Wildman–Crippen LogP) is 8.13. The zero-order valence-electron chi connectivity index (χ0n) is 23.5. The van der Waals surface area contributed by atoms with E-state index < -0.39 is 8.07 Å². The van der Waals surface area contributed by atoms with Crippen LogP contribution in [0.15, 0.2) is 97.6 Å². The minimum atomic E-state index is -1.35. The number of rotatable bonds is 5. The Bertz CT molecular complexity index is 1470. The van der Waals surface area contributed by atoms with E-state index in [0.717, 1.165) is 22.5 Å². The van der Waals surface area contributed by atoms with Gasteiger partial charge in [-0.1, -0.05) is 81.5 Å². The van der Waals surface area contributed by atoms with Crippen LogP contribution in [0, 0.1) is 19.1 Å². The van der Waals surface area contributed by atoms with E-state index in [1.807, 2.05) is 42.6 Å². The van der Waals surface area contributed by atoms with E-state index in [9.17, 15) is 0 Å². The molecule has 39 heavy (non-hydrogen) atoms. The summed E-state index contributed by atoms with van der Waals surface area (Å²) in [5.74, 6) is 0.519. The molecule has 5 rings (SSSR count). The second-order valence-corrected chi connectivity index (χ2v) is 15.8. The number of pyridine rings is 3. The molecule has 201 valence electrons. The van der Waals surface area contributed by atoms with E-state index in [4.69, 9.17) is 0 Å². The van der Waals surface area contributed by atoms with Gasteiger partial charge >= 0.3 is 0 Å². The van der Waals surface area contributed by atoms with Crippen molar-refractivity contribution < 1.29 is 20.1 Å². The van der Waals surface area contributed by atoms with Gasteiger partial charge in [0.15, 0.2) is 0 Å². The summed E-state index contributed by atoms with van der Waals surface area (Å²) in [6, 6.07) is 31.0. The molecule has 5 heteroatoms. The minimum absolute atomic E-state index is 0. The molecule has 3 aromatic heterocycles. The van der Waals surface area contributed by atoms with Crippen molar-refractivity contribution in [3.8, 4) is 33.6 Å². The van der Waals surface area contributed by atoms with Gasteiger partial charge in [0.2, 0.25) is 0 Å². The van der Waals surface area contributed by atoms with E-state index in [-0.39, 0.29) is 20.1 Å². The Morgan fingerprint density at radius 2 is 1.44 bits per heavy atom. The summed E-state index contributed by atoms with van der Waals surface area (Å²) >= 11 is 0. The Morgan fingerprint density at radius 1 is 0.769 bits per heavy atom. The molecule has 0 aliphatic heterocycles. The average Bonchev–Trinajstić information content (AvgIpc) is 2.94. The first-order chi connectivity index (χ1) is 18.2. The van der Waals surface area contributed by atoms with Gasteiger partial charge in [-0.15, -0.1) is 42.0 Å². The van der Waals surface area contributed by atoms with Gasteiger partial charge in [-0.25, -0.2) is 0 Å². The van der Waals surface area contributed by atoms with Gasteiger partial charge in [0.25, 0.3) is 0 Å². The summed E-state index contributed by atoms with van der Waals surface area (Å²) in [6.45, 7) is 13.7. The van der Waals surface area contributed by atoms with E-state index in [0.29, 0.717) is 5.92 Å². The van der Waals surface area contributed by atoms with Crippen LogP contribution in [0.3, 0.4) is 0 Å². The van der Waals surface area contributed by atoms with Gasteiger partial charge in [0.1, 0.15) is 0 Å². The van der Waals surface area contributed by atoms with Crippen molar-refractivity contribution in [2.75, 3.05) is 0 Å². The second kappa shape index (κ2) is 13.7. The van der Waals surface area contributed by atoms with Crippen LogP contribution < -0.4 is 5.19 Å². The number of nitrogens with zero attached hydrogens (tertiary/aromatic N) is 3. The Hall–Kier alpha value is -3.24. The molecule has 0 fully saturated rings. The summed E-state index contributed by atoms with van der Waals surface area (Å²) in [5.41, 5.74) is 9.06. The fourth-order valence-corrected chi connectivity index (χ4v) is 6.03. The Labute approximate surface area is 248 Å². The van der Waals surface area contributed by atoms with Crippen molar-refractivity contribution in [1.29, 1.82) is 0 Å². The molecular formula is C34H35IrN3Si-2. The number of benzene rings is 2. The summed E-state index contributed by atoms with van der Waals surface area (Å²) < 4.78 is 0. The summed E-state index contributed by atoms with van der Waals surface area (Å²) in [5, 5.41) is 1.46. The molecule has 0 aliphatic carbocycles. The maximum absolute atomic E-state index is 4.63. The number of hydrogen-bond acceptors (Lipinski definition) is 3. The normalized spacial score (nSPS) is 10.8. The SMILES string of the molecule is CC(C)c1cc(-c2[c-]cncc2)ncc1[Si](C)(C)C.Cc1cnc(-c2[c-]cccc2)cc1-c1ccccc1.[Ir]. The number of aryl methyl sites for hydroxylation is 1. The number of hydrogen-bond donors (Lipinski definition) is 0. The van der Waals surface area contributed by atoms with Gasteiger partial charge in [0.05, 0.1) is 8.07 Å². The van der Waals surface area contributed by atoms with Crippen LogP contribution in [0.2, 0.25) is 19.6 Å². The largest absolute Gasteiger partial charge is 0.321 e. The van der Waals surface area contributed by atoms with Crippen molar-refractivity contribution in [3.63, 3.8) is 0 Å². The first kappa shape index (κ1) is 30.3. The van der Waals surface area contributed by atoms with E-state index in [1.165, 1.54) is 27.4 Å². The van der Waals surface area contributed by atoms with Crippen molar-refractivity contribution in [2.45, 2.75) is 46.3 Å². The molecule has 5 aromatic rings. The first-order valence-corrected chi connectivity index (χ1v) is 16.6. The van der Waals surface area contributed by atoms with Gasteiger partial charge in [-0.05, 0) is 58.5 Å². The summed E-state index contributed by atoms with van der Waals surface area (Å²) in [4.78, 5) is 13.1. The average molecular weight is 706 g/mol. The molecule has 1 radical (unpaired) electrons. The monoisotopic (exact) mass is 706 g/mol. The molecule has 0 aliphatic rings. The van der Waals surface area contributed by atoms with Crippen LogP contribution in [0.5, 0.6) is 0 Å². The molecule has 0 saturated heterocycles. The van der Waals surface area contributed by atoms with E-state index in [2.05, 4.69) is 110 Å².